The minimum Gasteiger partial charge on any atom is -0.376 e. The Kier molecular flexibility index (Phi) is 3.84. The monoisotopic (exact) mass is 331 g/mol. The first-order valence-electron chi connectivity index (χ1n) is 8.34. The zero-order valence-electron chi connectivity index (χ0n) is 13.9. The van der Waals surface area contributed by atoms with Crippen LogP contribution in [0.25, 0.3) is 0 Å². The van der Waals surface area contributed by atoms with Crippen LogP contribution >= 0.6 is 0 Å². The SMILES string of the molecule is Cc1nc([C@H]2CCO[C@H]2CN(C)C(=O)c2cc(C3CC3)on2)n[nH]1. The molecule has 128 valence electrons. The van der Waals surface area contributed by atoms with Crippen LogP contribution in [0, 0.1) is 6.92 Å². The topological polar surface area (TPSA) is 97.1 Å². The van der Waals surface area contributed by atoms with Gasteiger partial charge in [-0.1, -0.05) is 5.16 Å². The van der Waals surface area contributed by atoms with E-state index in [1.807, 2.05) is 6.92 Å². The standard InChI is InChI=1S/C16H21N5O3/c1-9-17-15(19-18-9)11-5-6-23-14(11)8-21(2)16(22)12-7-13(24-20-12)10-3-4-10/h7,10-11,14H,3-6,8H2,1-2H3,(H,17,18,19)/t11-,14-/m0/s1. The van der Waals surface area contributed by atoms with E-state index in [1.165, 1.54) is 0 Å². The van der Waals surface area contributed by atoms with Crippen molar-refractivity contribution in [1.82, 2.24) is 25.2 Å². The van der Waals surface area contributed by atoms with E-state index < -0.39 is 0 Å². The summed E-state index contributed by atoms with van der Waals surface area (Å²) < 4.78 is 11.1. The van der Waals surface area contributed by atoms with Crippen LogP contribution in [0.1, 0.15) is 59.0 Å². The third-order valence-electron chi connectivity index (χ3n) is 4.68. The molecule has 1 aliphatic carbocycles. The van der Waals surface area contributed by atoms with Crippen LogP contribution in [-0.2, 0) is 4.74 Å². The number of rotatable bonds is 5. The maximum atomic E-state index is 12.5. The summed E-state index contributed by atoms with van der Waals surface area (Å²) >= 11 is 0. The Bertz CT molecular complexity index is 736. The zero-order chi connectivity index (χ0) is 16.7. The first kappa shape index (κ1) is 15.3. The van der Waals surface area contributed by atoms with Gasteiger partial charge in [-0.05, 0) is 26.2 Å². The molecule has 24 heavy (non-hydrogen) atoms. The van der Waals surface area contributed by atoms with Crippen LogP contribution in [0.5, 0.6) is 0 Å². The number of ether oxygens (including phenoxy) is 1. The summed E-state index contributed by atoms with van der Waals surface area (Å²) in [7, 11) is 1.76. The van der Waals surface area contributed by atoms with Gasteiger partial charge in [-0.2, -0.15) is 5.10 Å². The number of likely N-dealkylation sites (N-methyl/N-ethyl adjacent to an activating group) is 1. The van der Waals surface area contributed by atoms with Crippen LogP contribution in [0.3, 0.4) is 0 Å². The zero-order valence-corrected chi connectivity index (χ0v) is 13.9. The average Bonchev–Trinajstić information content (AvgIpc) is 2.98. The lowest BCUT2D eigenvalue weighted by molar-refractivity contribution is 0.0543. The van der Waals surface area contributed by atoms with E-state index in [4.69, 9.17) is 9.26 Å². The lowest BCUT2D eigenvalue weighted by atomic mass is 10.0. The maximum Gasteiger partial charge on any atom is 0.275 e. The van der Waals surface area contributed by atoms with Crippen molar-refractivity contribution in [2.75, 3.05) is 20.2 Å². The normalized spacial score (nSPS) is 23.6. The molecule has 4 rings (SSSR count). The van der Waals surface area contributed by atoms with Crippen molar-refractivity contribution in [2.45, 2.75) is 44.1 Å². The van der Waals surface area contributed by atoms with Crippen molar-refractivity contribution in [3.05, 3.63) is 29.2 Å². The van der Waals surface area contributed by atoms with Gasteiger partial charge in [-0.15, -0.1) is 0 Å². The highest BCUT2D eigenvalue weighted by molar-refractivity contribution is 5.92. The molecule has 1 N–H and O–H groups in total. The van der Waals surface area contributed by atoms with Gasteiger partial charge in [0.2, 0.25) is 0 Å². The average molecular weight is 331 g/mol. The third-order valence-corrected chi connectivity index (χ3v) is 4.68. The number of nitrogens with zero attached hydrogens (tertiary/aromatic N) is 4. The van der Waals surface area contributed by atoms with Crippen molar-refractivity contribution < 1.29 is 14.1 Å². The van der Waals surface area contributed by atoms with Crippen molar-refractivity contribution in [3.8, 4) is 0 Å². The molecule has 2 aromatic rings. The second-order valence-corrected chi connectivity index (χ2v) is 6.66. The quantitative estimate of drug-likeness (QED) is 0.894. The van der Waals surface area contributed by atoms with Gasteiger partial charge in [0.05, 0.1) is 12.0 Å². The predicted molar refractivity (Wildman–Crippen MR) is 83.7 cm³/mol. The minimum absolute atomic E-state index is 0.101. The van der Waals surface area contributed by atoms with E-state index in [2.05, 4.69) is 20.3 Å². The van der Waals surface area contributed by atoms with Gasteiger partial charge in [-0.25, -0.2) is 4.98 Å². The Labute approximate surface area is 139 Å². The minimum atomic E-state index is -0.147. The summed E-state index contributed by atoms with van der Waals surface area (Å²) in [5, 5.41) is 11.0. The number of aryl methyl sites for hydroxylation is 1. The molecule has 0 unspecified atom stereocenters. The fourth-order valence-corrected chi connectivity index (χ4v) is 3.15. The number of H-pyrrole nitrogens is 1. The highest BCUT2D eigenvalue weighted by atomic mass is 16.5. The van der Waals surface area contributed by atoms with Crippen LogP contribution in [-0.4, -0.2) is 57.4 Å². The van der Waals surface area contributed by atoms with Gasteiger partial charge in [-0.3, -0.25) is 9.89 Å². The molecule has 2 atom stereocenters. The Morgan fingerprint density at radius 1 is 1.42 bits per heavy atom. The highest BCUT2D eigenvalue weighted by Crippen LogP contribution is 2.40. The predicted octanol–water partition coefficient (Wildman–Crippen LogP) is 1.62. The summed E-state index contributed by atoms with van der Waals surface area (Å²) in [5.41, 5.74) is 0.364. The van der Waals surface area contributed by atoms with Crippen LogP contribution < -0.4 is 0 Å². The number of hydrogen-bond acceptors (Lipinski definition) is 6. The molecule has 2 fully saturated rings. The molecule has 1 aliphatic heterocycles. The number of aromatic nitrogens is 4. The van der Waals surface area contributed by atoms with Crippen LogP contribution in [0.15, 0.2) is 10.6 Å². The van der Waals surface area contributed by atoms with Gasteiger partial charge >= 0.3 is 0 Å². The third kappa shape index (κ3) is 2.93. The largest absolute Gasteiger partial charge is 0.376 e. The molecular formula is C16H21N5O3. The molecule has 0 aromatic carbocycles. The first-order chi connectivity index (χ1) is 11.6. The van der Waals surface area contributed by atoms with Gasteiger partial charge in [0.25, 0.3) is 5.91 Å². The Morgan fingerprint density at radius 3 is 2.96 bits per heavy atom. The van der Waals surface area contributed by atoms with Crippen molar-refractivity contribution >= 4 is 5.91 Å². The van der Waals surface area contributed by atoms with Crippen LogP contribution in [0.4, 0.5) is 0 Å². The molecule has 0 bridgehead atoms. The second-order valence-electron chi connectivity index (χ2n) is 6.66. The molecule has 8 nitrogen and oxygen atoms in total. The second kappa shape index (κ2) is 6.01. The van der Waals surface area contributed by atoms with E-state index in [9.17, 15) is 4.79 Å². The number of amides is 1. The van der Waals surface area contributed by atoms with E-state index in [0.29, 0.717) is 24.8 Å². The Morgan fingerprint density at radius 2 is 2.25 bits per heavy atom. The summed E-state index contributed by atoms with van der Waals surface area (Å²) in [4.78, 5) is 18.6. The lowest BCUT2D eigenvalue weighted by Crippen LogP contribution is -2.36. The highest BCUT2D eigenvalue weighted by Gasteiger charge is 2.35. The summed E-state index contributed by atoms with van der Waals surface area (Å²) in [6.45, 7) is 3.00. The molecule has 3 heterocycles. The molecule has 1 saturated heterocycles. The summed E-state index contributed by atoms with van der Waals surface area (Å²) in [6.07, 6.45) is 2.99. The summed E-state index contributed by atoms with van der Waals surface area (Å²) in [6, 6.07) is 1.77. The molecule has 1 saturated carbocycles. The van der Waals surface area contributed by atoms with Gasteiger partial charge < -0.3 is 14.2 Å². The molecule has 0 radical (unpaired) electrons. The number of carbonyl (C=O) groups excluding carboxylic acids is 1. The molecule has 1 amide bonds. The maximum absolute atomic E-state index is 12.5. The molecule has 2 aliphatic rings. The Balaban J connectivity index is 1.42. The van der Waals surface area contributed by atoms with Gasteiger partial charge in [0.15, 0.2) is 11.5 Å². The fourth-order valence-electron chi connectivity index (χ4n) is 3.15. The van der Waals surface area contributed by atoms with E-state index in [1.54, 1.807) is 18.0 Å². The number of aromatic amines is 1. The van der Waals surface area contributed by atoms with Crippen molar-refractivity contribution in [3.63, 3.8) is 0 Å². The number of nitrogens with one attached hydrogen (secondary N) is 1. The van der Waals surface area contributed by atoms with E-state index in [-0.39, 0.29) is 17.9 Å². The van der Waals surface area contributed by atoms with Crippen LogP contribution in [0.2, 0.25) is 0 Å². The first-order valence-corrected chi connectivity index (χ1v) is 8.34. The van der Waals surface area contributed by atoms with E-state index in [0.717, 1.165) is 36.7 Å². The van der Waals surface area contributed by atoms with Crippen molar-refractivity contribution in [1.29, 1.82) is 0 Å². The van der Waals surface area contributed by atoms with Gasteiger partial charge in [0.1, 0.15) is 11.6 Å². The number of hydrogen-bond donors (Lipinski definition) is 1. The fraction of sp³-hybridized carbons (Fsp3) is 0.625. The molecule has 2 aromatic heterocycles. The molecule has 0 spiro atoms. The number of carbonyl (C=O) groups is 1. The molecular weight excluding hydrogens is 310 g/mol. The van der Waals surface area contributed by atoms with Crippen molar-refractivity contribution in [2.24, 2.45) is 0 Å². The van der Waals surface area contributed by atoms with E-state index >= 15 is 0 Å². The van der Waals surface area contributed by atoms with Gasteiger partial charge in [0, 0.05) is 32.2 Å². The lowest BCUT2D eigenvalue weighted by Gasteiger charge is -2.23. The molecule has 8 heteroatoms. The smallest absolute Gasteiger partial charge is 0.275 e. The summed E-state index contributed by atoms with van der Waals surface area (Å²) in [5.74, 6) is 2.76. The Hall–Kier alpha value is -2.22.